The summed E-state index contributed by atoms with van der Waals surface area (Å²) in [5, 5.41) is 0. The fourth-order valence-electron chi connectivity index (χ4n) is 0.864. The minimum Gasteiger partial charge on any atom is -0.463 e. The molecular formula is C9H17O5P. The maximum Gasteiger partial charge on any atom is 0.331 e. The topological polar surface area (TPSA) is 72.8 Å². The summed E-state index contributed by atoms with van der Waals surface area (Å²) < 4.78 is 20.8. The fourth-order valence-corrected chi connectivity index (χ4v) is 1.92. The van der Waals surface area contributed by atoms with Crippen LogP contribution in [0.5, 0.6) is 0 Å². The molecular weight excluding hydrogens is 219 g/mol. The van der Waals surface area contributed by atoms with Gasteiger partial charge in [-0.3, -0.25) is 4.57 Å². The Kier molecular flexibility index (Phi) is 6.48. The van der Waals surface area contributed by atoms with Crippen LogP contribution in [0.1, 0.15) is 20.3 Å². The van der Waals surface area contributed by atoms with E-state index in [1.807, 2.05) is 0 Å². The van der Waals surface area contributed by atoms with Crippen molar-refractivity contribution in [3.63, 3.8) is 0 Å². The smallest absolute Gasteiger partial charge is 0.331 e. The molecule has 0 fully saturated rings. The summed E-state index contributed by atoms with van der Waals surface area (Å²) in [6.07, 6.45) is 1.33. The monoisotopic (exact) mass is 236 g/mol. The number of hydrogen-bond donors (Lipinski definition) is 1. The molecule has 0 bridgehead atoms. The van der Waals surface area contributed by atoms with Crippen LogP contribution in [0.25, 0.3) is 0 Å². The van der Waals surface area contributed by atoms with Crippen molar-refractivity contribution in [1.29, 1.82) is 0 Å². The molecule has 0 radical (unpaired) electrons. The number of ether oxygens (including phenoxy) is 1. The Bertz CT molecular complexity index is 263. The van der Waals surface area contributed by atoms with E-state index in [0.29, 0.717) is 0 Å². The highest BCUT2D eigenvalue weighted by Gasteiger charge is 2.27. The minimum atomic E-state index is -3.57. The molecule has 0 amide bonds. The van der Waals surface area contributed by atoms with E-state index in [2.05, 4.69) is 6.58 Å². The summed E-state index contributed by atoms with van der Waals surface area (Å²) in [6.45, 7) is 6.73. The first-order valence-electron chi connectivity index (χ1n) is 4.70. The normalized spacial score (nSPS) is 16.5. The van der Waals surface area contributed by atoms with Crippen LogP contribution in [0.3, 0.4) is 0 Å². The van der Waals surface area contributed by atoms with E-state index in [-0.39, 0.29) is 19.6 Å². The molecule has 0 spiro atoms. The average molecular weight is 236 g/mol. The summed E-state index contributed by atoms with van der Waals surface area (Å²) in [7, 11) is -3.57. The van der Waals surface area contributed by atoms with Crippen molar-refractivity contribution in [1.82, 2.24) is 0 Å². The Hall–Kier alpha value is -0.640. The van der Waals surface area contributed by atoms with E-state index in [4.69, 9.17) is 9.26 Å². The van der Waals surface area contributed by atoms with Crippen molar-refractivity contribution in [2.45, 2.75) is 25.9 Å². The number of carbonyl (C=O) groups is 1. The fraction of sp³-hybridized carbons (Fsp3) is 0.667. The van der Waals surface area contributed by atoms with Crippen LogP contribution in [0.2, 0.25) is 0 Å². The van der Waals surface area contributed by atoms with E-state index in [9.17, 15) is 14.3 Å². The third-order valence-electron chi connectivity index (χ3n) is 1.82. The summed E-state index contributed by atoms with van der Waals surface area (Å²) in [6, 6.07) is 0. The molecule has 0 aliphatic carbocycles. The maximum absolute atomic E-state index is 11.4. The summed E-state index contributed by atoms with van der Waals surface area (Å²) in [5.74, 6) is -0.536. The SMILES string of the molecule is C=CC(=O)OCCC(C)P(=O)(O)OCC. The van der Waals surface area contributed by atoms with Gasteiger partial charge in [-0.2, -0.15) is 0 Å². The van der Waals surface area contributed by atoms with E-state index in [1.165, 1.54) is 0 Å². The molecule has 0 aliphatic rings. The van der Waals surface area contributed by atoms with Gasteiger partial charge in [0.1, 0.15) is 0 Å². The van der Waals surface area contributed by atoms with Crippen molar-refractivity contribution in [3.05, 3.63) is 12.7 Å². The van der Waals surface area contributed by atoms with Gasteiger partial charge in [0.15, 0.2) is 0 Å². The van der Waals surface area contributed by atoms with Crippen molar-refractivity contribution < 1.29 is 23.5 Å². The maximum atomic E-state index is 11.4. The number of rotatable bonds is 7. The first-order chi connectivity index (χ1) is 6.94. The Balaban J connectivity index is 3.92. The Labute approximate surface area is 89.6 Å². The number of esters is 1. The Morgan fingerprint density at radius 2 is 2.27 bits per heavy atom. The van der Waals surface area contributed by atoms with E-state index < -0.39 is 19.2 Å². The van der Waals surface area contributed by atoms with Gasteiger partial charge in [-0.15, -0.1) is 0 Å². The summed E-state index contributed by atoms with van der Waals surface area (Å²) in [5.41, 5.74) is -0.546. The molecule has 2 unspecified atom stereocenters. The van der Waals surface area contributed by atoms with Gasteiger partial charge in [0.25, 0.3) is 0 Å². The number of hydrogen-bond acceptors (Lipinski definition) is 4. The summed E-state index contributed by atoms with van der Waals surface area (Å²) >= 11 is 0. The molecule has 0 saturated heterocycles. The molecule has 5 nitrogen and oxygen atoms in total. The van der Waals surface area contributed by atoms with Gasteiger partial charge in [-0.05, 0) is 13.3 Å². The molecule has 1 N–H and O–H groups in total. The Morgan fingerprint density at radius 3 is 2.73 bits per heavy atom. The molecule has 0 aromatic carbocycles. The zero-order valence-electron chi connectivity index (χ0n) is 9.01. The predicted molar refractivity (Wildman–Crippen MR) is 56.7 cm³/mol. The van der Waals surface area contributed by atoms with Gasteiger partial charge in [0.2, 0.25) is 0 Å². The van der Waals surface area contributed by atoms with Crippen LogP contribution in [0.4, 0.5) is 0 Å². The van der Waals surface area contributed by atoms with Gasteiger partial charge in [-0.25, -0.2) is 4.79 Å². The lowest BCUT2D eigenvalue weighted by molar-refractivity contribution is -0.137. The molecule has 0 rings (SSSR count). The lowest BCUT2D eigenvalue weighted by atomic mass is 10.3. The van der Waals surface area contributed by atoms with Crippen LogP contribution < -0.4 is 0 Å². The third kappa shape index (κ3) is 5.72. The molecule has 0 aromatic rings. The quantitative estimate of drug-likeness (QED) is 0.414. The summed E-state index contributed by atoms with van der Waals surface area (Å²) in [4.78, 5) is 20.0. The first kappa shape index (κ1) is 14.4. The van der Waals surface area contributed by atoms with E-state index in [1.54, 1.807) is 13.8 Å². The van der Waals surface area contributed by atoms with Gasteiger partial charge in [-0.1, -0.05) is 13.5 Å². The highest BCUT2D eigenvalue weighted by Crippen LogP contribution is 2.48. The molecule has 15 heavy (non-hydrogen) atoms. The van der Waals surface area contributed by atoms with Crippen molar-refractivity contribution in [3.8, 4) is 0 Å². The van der Waals surface area contributed by atoms with E-state index >= 15 is 0 Å². The molecule has 6 heteroatoms. The molecule has 88 valence electrons. The van der Waals surface area contributed by atoms with E-state index in [0.717, 1.165) is 6.08 Å². The van der Waals surface area contributed by atoms with Crippen molar-refractivity contribution in [2.24, 2.45) is 0 Å². The van der Waals surface area contributed by atoms with Gasteiger partial charge in [0.05, 0.1) is 18.9 Å². The zero-order chi connectivity index (χ0) is 11.9. The van der Waals surface area contributed by atoms with Crippen molar-refractivity contribution in [2.75, 3.05) is 13.2 Å². The van der Waals surface area contributed by atoms with Gasteiger partial charge in [0, 0.05) is 6.08 Å². The highest BCUT2D eigenvalue weighted by molar-refractivity contribution is 7.53. The average Bonchev–Trinajstić information content (AvgIpc) is 2.17. The molecule has 0 heterocycles. The second-order valence-electron chi connectivity index (χ2n) is 2.99. The predicted octanol–water partition coefficient (Wildman–Crippen LogP) is 1.72. The zero-order valence-corrected chi connectivity index (χ0v) is 9.90. The third-order valence-corrected chi connectivity index (χ3v) is 3.82. The minimum absolute atomic E-state index is 0.0869. The van der Waals surface area contributed by atoms with Crippen molar-refractivity contribution >= 4 is 13.6 Å². The lowest BCUT2D eigenvalue weighted by Gasteiger charge is -2.17. The Morgan fingerprint density at radius 1 is 1.67 bits per heavy atom. The van der Waals surface area contributed by atoms with Gasteiger partial charge >= 0.3 is 13.6 Å². The van der Waals surface area contributed by atoms with Crippen LogP contribution >= 0.6 is 7.60 Å². The van der Waals surface area contributed by atoms with Crippen LogP contribution in [0, 0.1) is 0 Å². The molecule has 0 aromatic heterocycles. The second kappa shape index (κ2) is 6.77. The number of carbonyl (C=O) groups excluding carboxylic acids is 1. The second-order valence-corrected chi connectivity index (χ2v) is 5.26. The highest BCUT2D eigenvalue weighted by atomic mass is 31.2. The largest absolute Gasteiger partial charge is 0.463 e. The van der Waals surface area contributed by atoms with Crippen LogP contribution in [-0.4, -0.2) is 29.7 Å². The molecule has 0 saturated carbocycles. The first-order valence-corrected chi connectivity index (χ1v) is 6.35. The molecule has 0 aliphatic heterocycles. The standard InChI is InChI=1S/C9H17O5P/c1-4-9(10)13-7-6-8(3)15(11,12)14-5-2/h4,8H,1,5-7H2,2-3H3,(H,11,12). The van der Waals surface area contributed by atoms with Crippen LogP contribution in [-0.2, 0) is 18.6 Å². The van der Waals surface area contributed by atoms with Crippen LogP contribution in [0.15, 0.2) is 12.7 Å². The van der Waals surface area contributed by atoms with Gasteiger partial charge < -0.3 is 14.2 Å². The lowest BCUT2D eigenvalue weighted by Crippen LogP contribution is -2.11. The molecule has 2 atom stereocenters.